The van der Waals surface area contributed by atoms with E-state index in [1.165, 1.54) is 17.0 Å². The lowest BCUT2D eigenvalue weighted by Crippen LogP contribution is -2.48. The molecule has 0 spiro atoms. The molecule has 17 heteroatoms. The van der Waals surface area contributed by atoms with Crippen LogP contribution in [-0.2, 0) is 28.9 Å². The molecule has 8 N–H and O–H groups in total. The van der Waals surface area contributed by atoms with Crippen molar-refractivity contribution in [1.29, 1.82) is 0 Å². The lowest BCUT2D eigenvalue weighted by atomic mass is 10.1. The highest BCUT2D eigenvalue weighted by atomic mass is 19.4. The van der Waals surface area contributed by atoms with E-state index >= 15 is 0 Å². The third-order valence-corrected chi connectivity index (χ3v) is 13.2. The van der Waals surface area contributed by atoms with Crippen LogP contribution >= 0.6 is 0 Å². The molecular formula is C56H63F5N8O4. The van der Waals surface area contributed by atoms with Crippen molar-refractivity contribution in [2.45, 2.75) is 88.9 Å². The zero-order valence-corrected chi connectivity index (χ0v) is 40.8. The number of benzene rings is 6. The van der Waals surface area contributed by atoms with Crippen molar-refractivity contribution in [2.75, 3.05) is 39.3 Å². The van der Waals surface area contributed by atoms with Gasteiger partial charge in [-0.1, -0.05) is 66.7 Å². The number of nitrogens with zero attached hydrogens (tertiary/aromatic N) is 2. The van der Waals surface area contributed by atoms with Crippen LogP contribution in [0.4, 0.5) is 22.0 Å². The predicted octanol–water partition coefficient (Wildman–Crippen LogP) is 7.74. The maximum atomic E-state index is 13.9. The number of nitrogens with two attached hydrogens (primary N) is 2. The third-order valence-electron chi connectivity index (χ3n) is 13.2. The van der Waals surface area contributed by atoms with E-state index in [4.69, 9.17) is 11.5 Å². The lowest BCUT2D eigenvalue weighted by molar-refractivity contribution is -0.138. The summed E-state index contributed by atoms with van der Waals surface area (Å²) in [5.41, 5.74) is 13.0. The fourth-order valence-electron chi connectivity index (χ4n) is 9.40. The van der Waals surface area contributed by atoms with E-state index in [0.29, 0.717) is 88.4 Å². The van der Waals surface area contributed by atoms with Crippen LogP contribution in [0.5, 0.6) is 0 Å². The highest BCUT2D eigenvalue weighted by molar-refractivity contribution is 5.99. The maximum Gasteiger partial charge on any atom is 0.416 e. The number of aryl methyl sites for hydroxylation is 1. The zero-order valence-electron chi connectivity index (χ0n) is 40.8. The molecule has 2 saturated heterocycles. The second-order valence-electron chi connectivity index (χ2n) is 18.8. The molecule has 8 rings (SSSR count). The summed E-state index contributed by atoms with van der Waals surface area (Å²) in [6, 6.07) is 32.6. The molecule has 4 atom stereocenters. The number of amides is 4. The molecule has 12 nitrogen and oxygen atoms in total. The minimum absolute atomic E-state index is 0.0104. The van der Waals surface area contributed by atoms with Gasteiger partial charge in [0.05, 0.1) is 17.6 Å². The van der Waals surface area contributed by atoms with Gasteiger partial charge in [0.1, 0.15) is 11.6 Å². The fraction of sp³-hybridized carbons (Fsp3) is 0.357. The van der Waals surface area contributed by atoms with Gasteiger partial charge in [0.15, 0.2) is 0 Å². The number of rotatable bonds is 16. The van der Waals surface area contributed by atoms with Crippen molar-refractivity contribution >= 4 is 45.2 Å². The summed E-state index contributed by atoms with van der Waals surface area (Å²) in [5, 5.41) is 16.7. The van der Waals surface area contributed by atoms with Crippen molar-refractivity contribution < 1.29 is 41.1 Å². The molecule has 6 aromatic rings. The summed E-state index contributed by atoms with van der Waals surface area (Å²) in [6.45, 7) is 4.33. The zero-order chi connectivity index (χ0) is 52.1. The predicted molar refractivity (Wildman–Crippen MR) is 273 cm³/mol. The first-order valence-electron chi connectivity index (χ1n) is 24.7. The number of carbonyl (C=O) groups is 4. The van der Waals surface area contributed by atoms with Crippen LogP contribution in [0.3, 0.4) is 0 Å². The molecule has 0 bridgehead atoms. The summed E-state index contributed by atoms with van der Waals surface area (Å²) >= 11 is 0. The summed E-state index contributed by atoms with van der Waals surface area (Å²) in [5.74, 6) is -2.00. The minimum Gasteiger partial charge on any atom is -0.350 e. The van der Waals surface area contributed by atoms with Crippen LogP contribution in [-0.4, -0.2) is 96.9 Å². The second kappa shape index (κ2) is 25.2. The van der Waals surface area contributed by atoms with E-state index in [0.717, 1.165) is 44.8 Å². The van der Waals surface area contributed by atoms with Crippen molar-refractivity contribution in [2.24, 2.45) is 11.5 Å². The van der Waals surface area contributed by atoms with Crippen LogP contribution in [0.15, 0.2) is 121 Å². The monoisotopic (exact) mass is 1010 g/mol. The molecule has 0 unspecified atom stereocenters. The van der Waals surface area contributed by atoms with Gasteiger partial charge in [0, 0.05) is 62.5 Å². The van der Waals surface area contributed by atoms with E-state index in [1.807, 2.05) is 91.9 Å². The lowest BCUT2D eigenvalue weighted by Gasteiger charge is -2.25. The number of hydrogen-bond acceptors (Lipinski definition) is 8. The van der Waals surface area contributed by atoms with E-state index in [9.17, 15) is 41.1 Å². The molecule has 0 radical (unpaired) electrons. The molecule has 386 valence electrons. The standard InChI is InChI=1S/C28H30F4N4O2.C28H33FN4O2/c29-23-13-18(12-22(15-23)28(30,31)32)17-36-11-9-24(35-25(27(36)38)6-3-10-33)16-34-26(37)21-8-7-19-4-1-2-5-20(19)14-21;1-19-13-20(15-24(29)14-19)18-33-12-10-25(32-26(28(33)35)7-4-11-30)17-31-27(34)23-9-8-21-5-2-3-6-22(21)16-23/h1-2,4-5,7-8,12-15,24-25,35H,3,6,9-11,16-17,33H2,(H,34,37);2-3,5-6,8-9,13-16,25-26,32H,4,7,10-12,17-18,30H2,1H3,(H,31,34)/t24-,25-;25-,26-/m00/s1. The van der Waals surface area contributed by atoms with Gasteiger partial charge in [-0.15, -0.1) is 0 Å². The van der Waals surface area contributed by atoms with E-state index < -0.39 is 29.6 Å². The Morgan fingerprint density at radius 1 is 0.603 bits per heavy atom. The van der Waals surface area contributed by atoms with Crippen molar-refractivity contribution in [3.05, 3.63) is 166 Å². The number of carbonyl (C=O) groups excluding carboxylic acids is 4. The molecule has 2 fully saturated rings. The van der Waals surface area contributed by atoms with Gasteiger partial charge < -0.3 is 42.5 Å². The van der Waals surface area contributed by atoms with Crippen LogP contribution in [0.2, 0.25) is 0 Å². The maximum absolute atomic E-state index is 13.9. The fourth-order valence-corrected chi connectivity index (χ4v) is 9.40. The summed E-state index contributed by atoms with van der Waals surface area (Å²) in [6.07, 6.45) is -1.25. The van der Waals surface area contributed by atoms with Gasteiger partial charge >= 0.3 is 6.18 Å². The van der Waals surface area contributed by atoms with Gasteiger partial charge in [0.25, 0.3) is 11.8 Å². The number of alkyl halides is 3. The Hall–Kier alpha value is -6.79. The molecule has 0 aliphatic carbocycles. The molecule has 6 aromatic carbocycles. The van der Waals surface area contributed by atoms with Gasteiger partial charge in [-0.05, 0) is 151 Å². The SMILES string of the molecule is Cc1cc(F)cc(CN2CC[C@@H](CNC(=O)c3ccc4ccccc4c3)N[C@@H](CCCN)C2=O)c1.NCCC[C@@H]1N[C@H](CNC(=O)c2ccc3ccccc3c2)CCN(Cc2cc(F)cc(C(F)(F)F)c2)C1=O. The van der Waals surface area contributed by atoms with Crippen molar-refractivity contribution in [3.63, 3.8) is 0 Å². The highest BCUT2D eigenvalue weighted by Crippen LogP contribution is 2.31. The Morgan fingerprint density at radius 3 is 1.48 bits per heavy atom. The van der Waals surface area contributed by atoms with Crippen LogP contribution < -0.4 is 32.7 Å². The average molecular weight is 1010 g/mol. The van der Waals surface area contributed by atoms with Crippen molar-refractivity contribution in [3.8, 4) is 0 Å². The Kier molecular flexibility index (Phi) is 18.7. The second-order valence-corrected chi connectivity index (χ2v) is 18.8. The largest absolute Gasteiger partial charge is 0.416 e. The number of hydrogen-bond donors (Lipinski definition) is 6. The van der Waals surface area contributed by atoms with Gasteiger partial charge in [0.2, 0.25) is 11.8 Å². The molecule has 2 aliphatic heterocycles. The quantitative estimate of drug-likeness (QED) is 0.0534. The van der Waals surface area contributed by atoms with E-state index in [2.05, 4.69) is 21.3 Å². The Bertz CT molecular complexity index is 2860. The molecule has 2 aliphatic rings. The normalized spacial score (nSPS) is 18.5. The first-order valence-corrected chi connectivity index (χ1v) is 24.7. The Balaban J connectivity index is 0.000000214. The van der Waals surface area contributed by atoms with Crippen LogP contribution in [0, 0.1) is 18.6 Å². The average Bonchev–Trinajstić information content (AvgIpc) is 3.61. The van der Waals surface area contributed by atoms with Crippen LogP contribution in [0.1, 0.15) is 81.5 Å². The number of nitrogens with one attached hydrogen (secondary N) is 4. The molecular weight excluding hydrogens is 944 g/mol. The van der Waals surface area contributed by atoms with Gasteiger partial charge in [-0.25, -0.2) is 8.78 Å². The molecule has 0 aromatic heterocycles. The van der Waals surface area contributed by atoms with Crippen LogP contribution in [0.25, 0.3) is 21.5 Å². The third kappa shape index (κ3) is 15.1. The smallest absolute Gasteiger partial charge is 0.350 e. The Morgan fingerprint density at radius 2 is 1.04 bits per heavy atom. The molecule has 2 heterocycles. The van der Waals surface area contributed by atoms with Gasteiger partial charge in [-0.2, -0.15) is 13.2 Å². The Labute approximate surface area is 422 Å². The first-order chi connectivity index (χ1) is 35.1. The summed E-state index contributed by atoms with van der Waals surface area (Å²) in [7, 11) is 0. The minimum atomic E-state index is -4.70. The molecule has 0 saturated carbocycles. The van der Waals surface area contributed by atoms with E-state index in [-0.39, 0.29) is 66.7 Å². The topological polar surface area (TPSA) is 175 Å². The number of halogens is 5. The molecule has 73 heavy (non-hydrogen) atoms. The van der Waals surface area contributed by atoms with Crippen molar-refractivity contribution in [1.82, 2.24) is 31.1 Å². The molecule has 4 amide bonds. The van der Waals surface area contributed by atoms with E-state index in [1.54, 1.807) is 11.0 Å². The first kappa shape index (κ1) is 54.0. The highest BCUT2D eigenvalue weighted by Gasteiger charge is 2.34. The summed E-state index contributed by atoms with van der Waals surface area (Å²) < 4.78 is 67.3. The summed E-state index contributed by atoms with van der Waals surface area (Å²) in [4.78, 5) is 55.5. The number of fused-ring (bicyclic) bond motifs is 2. The van der Waals surface area contributed by atoms with Gasteiger partial charge in [-0.3, -0.25) is 19.2 Å².